The molecule has 0 aliphatic rings. The van der Waals surface area contributed by atoms with Gasteiger partial charge in [-0.25, -0.2) is 0 Å². The van der Waals surface area contributed by atoms with E-state index < -0.39 is 0 Å². The summed E-state index contributed by atoms with van der Waals surface area (Å²) in [4.78, 5) is 12.0. The third-order valence-electron chi connectivity index (χ3n) is 3.75. The molecule has 0 radical (unpaired) electrons. The highest BCUT2D eigenvalue weighted by Gasteiger charge is 2.32. The molecular weight excluding hydrogens is 238 g/mol. The SMILES string of the molecule is CNC(c1ccc(C)c(C)c1)C(C(=O)OC)C(C)C. The zero-order valence-corrected chi connectivity index (χ0v) is 12.8. The van der Waals surface area contributed by atoms with E-state index in [4.69, 9.17) is 4.74 Å². The first kappa shape index (κ1) is 15.7. The molecule has 0 fully saturated rings. The second-order valence-electron chi connectivity index (χ2n) is 5.40. The first-order valence-corrected chi connectivity index (χ1v) is 6.74. The summed E-state index contributed by atoms with van der Waals surface area (Å²) in [6, 6.07) is 6.31. The van der Waals surface area contributed by atoms with Crippen molar-refractivity contribution in [1.82, 2.24) is 5.32 Å². The number of esters is 1. The van der Waals surface area contributed by atoms with E-state index in [1.165, 1.54) is 18.2 Å². The van der Waals surface area contributed by atoms with Crippen LogP contribution in [0.1, 0.15) is 36.6 Å². The molecular formula is C16H25NO2. The Morgan fingerprint density at radius 3 is 2.26 bits per heavy atom. The maximum Gasteiger partial charge on any atom is 0.310 e. The molecule has 1 aromatic rings. The van der Waals surface area contributed by atoms with E-state index in [1.807, 2.05) is 20.9 Å². The van der Waals surface area contributed by atoms with Crippen LogP contribution < -0.4 is 5.32 Å². The van der Waals surface area contributed by atoms with Crippen LogP contribution in [0.15, 0.2) is 18.2 Å². The Morgan fingerprint density at radius 2 is 1.84 bits per heavy atom. The summed E-state index contributed by atoms with van der Waals surface area (Å²) < 4.78 is 4.95. The van der Waals surface area contributed by atoms with Crippen LogP contribution in [0.25, 0.3) is 0 Å². The van der Waals surface area contributed by atoms with E-state index >= 15 is 0 Å². The fourth-order valence-electron chi connectivity index (χ4n) is 2.44. The number of ether oxygens (including phenoxy) is 1. The molecule has 1 N–H and O–H groups in total. The third kappa shape index (κ3) is 3.57. The molecule has 106 valence electrons. The summed E-state index contributed by atoms with van der Waals surface area (Å²) in [7, 11) is 3.34. The number of benzene rings is 1. The predicted octanol–water partition coefficient (Wildman–Crippen LogP) is 3.01. The minimum atomic E-state index is -0.183. The molecule has 3 heteroatoms. The molecule has 0 saturated carbocycles. The van der Waals surface area contributed by atoms with Gasteiger partial charge in [0, 0.05) is 6.04 Å². The Kier molecular flexibility index (Phi) is 5.55. The van der Waals surface area contributed by atoms with E-state index in [1.54, 1.807) is 0 Å². The molecule has 3 nitrogen and oxygen atoms in total. The van der Waals surface area contributed by atoms with Gasteiger partial charge in [0.1, 0.15) is 0 Å². The quantitative estimate of drug-likeness (QED) is 0.830. The van der Waals surface area contributed by atoms with E-state index in [9.17, 15) is 4.79 Å². The zero-order valence-electron chi connectivity index (χ0n) is 12.8. The summed E-state index contributed by atoms with van der Waals surface area (Å²) in [5.41, 5.74) is 3.64. The van der Waals surface area contributed by atoms with Gasteiger partial charge in [-0.2, -0.15) is 0 Å². The minimum Gasteiger partial charge on any atom is -0.469 e. The Morgan fingerprint density at radius 1 is 1.21 bits per heavy atom. The third-order valence-corrected chi connectivity index (χ3v) is 3.75. The van der Waals surface area contributed by atoms with E-state index in [-0.39, 0.29) is 23.8 Å². The van der Waals surface area contributed by atoms with Gasteiger partial charge in [0.2, 0.25) is 0 Å². The predicted molar refractivity (Wildman–Crippen MR) is 78.1 cm³/mol. The molecule has 0 heterocycles. The van der Waals surface area contributed by atoms with Crippen LogP contribution in [0.3, 0.4) is 0 Å². The van der Waals surface area contributed by atoms with E-state index in [0.29, 0.717) is 0 Å². The first-order valence-electron chi connectivity index (χ1n) is 6.74. The van der Waals surface area contributed by atoms with E-state index in [0.717, 1.165) is 5.56 Å². The smallest absolute Gasteiger partial charge is 0.310 e. The summed E-state index contributed by atoms with van der Waals surface area (Å²) in [5, 5.41) is 3.26. The lowest BCUT2D eigenvalue weighted by Gasteiger charge is -2.28. The van der Waals surface area contributed by atoms with Crippen molar-refractivity contribution in [2.45, 2.75) is 33.7 Å². The van der Waals surface area contributed by atoms with Gasteiger partial charge in [0.25, 0.3) is 0 Å². The molecule has 0 aromatic heterocycles. The number of hydrogen-bond donors (Lipinski definition) is 1. The van der Waals surface area contributed by atoms with Crippen molar-refractivity contribution in [3.8, 4) is 0 Å². The molecule has 1 rings (SSSR count). The van der Waals surface area contributed by atoms with Crippen molar-refractivity contribution in [3.05, 3.63) is 34.9 Å². The molecule has 19 heavy (non-hydrogen) atoms. The van der Waals surface area contributed by atoms with Gasteiger partial charge in [-0.05, 0) is 43.5 Å². The zero-order chi connectivity index (χ0) is 14.6. The van der Waals surface area contributed by atoms with Crippen LogP contribution in [0.2, 0.25) is 0 Å². The Bertz CT molecular complexity index is 440. The number of carbonyl (C=O) groups excluding carboxylic acids is 1. The number of rotatable bonds is 5. The molecule has 2 unspecified atom stereocenters. The van der Waals surface area contributed by atoms with E-state index in [2.05, 4.69) is 37.4 Å². The topological polar surface area (TPSA) is 38.3 Å². The van der Waals surface area contributed by atoms with Crippen molar-refractivity contribution >= 4 is 5.97 Å². The van der Waals surface area contributed by atoms with Gasteiger partial charge in [-0.15, -0.1) is 0 Å². The van der Waals surface area contributed by atoms with Gasteiger partial charge in [0.05, 0.1) is 13.0 Å². The molecule has 1 aromatic carbocycles. The fourth-order valence-corrected chi connectivity index (χ4v) is 2.44. The summed E-state index contributed by atoms with van der Waals surface area (Å²) in [6.07, 6.45) is 0. The second kappa shape index (κ2) is 6.71. The van der Waals surface area contributed by atoms with Gasteiger partial charge >= 0.3 is 5.97 Å². The summed E-state index contributed by atoms with van der Waals surface area (Å²) in [5.74, 6) is -0.129. The average molecular weight is 263 g/mol. The maximum absolute atomic E-state index is 12.0. The van der Waals surface area contributed by atoms with Crippen molar-refractivity contribution in [2.24, 2.45) is 11.8 Å². The molecule has 2 atom stereocenters. The Hall–Kier alpha value is -1.35. The average Bonchev–Trinajstić information content (AvgIpc) is 2.38. The van der Waals surface area contributed by atoms with Gasteiger partial charge < -0.3 is 10.1 Å². The van der Waals surface area contributed by atoms with Crippen molar-refractivity contribution in [1.29, 1.82) is 0 Å². The minimum absolute atomic E-state index is 0.0215. The molecule has 0 aliphatic carbocycles. The largest absolute Gasteiger partial charge is 0.469 e. The Balaban J connectivity index is 3.15. The molecule has 0 aliphatic heterocycles. The normalized spacial score (nSPS) is 14.3. The fraction of sp³-hybridized carbons (Fsp3) is 0.562. The van der Waals surface area contributed by atoms with Crippen LogP contribution in [0, 0.1) is 25.7 Å². The van der Waals surface area contributed by atoms with Gasteiger partial charge in [0.15, 0.2) is 0 Å². The lowest BCUT2D eigenvalue weighted by molar-refractivity contribution is -0.148. The molecule has 0 spiro atoms. The standard InChI is InChI=1S/C16H25NO2/c1-10(2)14(16(18)19-6)15(17-5)13-8-7-11(3)12(4)9-13/h7-10,14-15,17H,1-6H3. The van der Waals surface area contributed by atoms with Gasteiger partial charge in [-0.1, -0.05) is 32.0 Å². The lowest BCUT2D eigenvalue weighted by atomic mass is 9.84. The maximum atomic E-state index is 12.0. The number of hydrogen-bond acceptors (Lipinski definition) is 3. The highest BCUT2D eigenvalue weighted by molar-refractivity contribution is 5.73. The number of methoxy groups -OCH3 is 1. The van der Waals surface area contributed by atoms with Crippen LogP contribution in [0.4, 0.5) is 0 Å². The van der Waals surface area contributed by atoms with Crippen LogP contribution >= 0.6 is 0 Å². The highest BCUT2D eigenvalue weighted by Crippen LogP contribution is 2.30. The highest BCUT2D eigenvalue weighted by atomic mass is 16.5. The van der Waals surface area contributed by atoms with Crippen molar-refractivity contribution in [3.63, 3.8) is 0 Å². The molecule has 0 bridgehead atoms. The summed E-state index contributed by atoms with van der Waals surface area (Å²) >= 11 is 0. The monoisotopic (exact) mass is 263 g/mol. The number of carbonyl (C=O) groups is 1. The second-order valence-corrected chi connectivity index (χ2v) is 5.40. The first-order chi connectivity index (χ1) is 8.92. The van der Waals surface area contributed by atoms with Crippen molar-refractivity contribution in [2.75, 3.05) is 14.2 Å². The van der Waals surface area contributed by atoms with Crippen LogP contribution in [-0.4, -0.2) is 20.1 Å². The lowest BCUT2D eigenvalue weighted by Crippen LogP contribution is -2.35. The Labute approximate surface area is 116 Å². The van der Waals surface area contributed by atoms with Crippen LogP contribution in [0.5, 0.6) is 0 Å². The number of nitrogens with one attached hydrogen (secondary N) is 1. The van der Waals surface area contributed by atoms with Gasteiger partial charge in [-0.3, -0.25) is 4.79 Å². The number of aryl methyl sites for hydroxylation is 2. The summed E-state index contributed by atoms with van der Waals surface area (Å²) in [6.45, 7) is 8.28. The van der Waals surface area contributed by atoms with Crippen molar-refractivity contribution < 1.29 is 9.53 Å². The molecule has 0 amide bonds. The van der Waals surface area contributed by atoms with Crippen LogP contribution in [-0.2, 0) is 9.53 Å². The molecule has 0 saturated heterocycles.